The van der Waals surface area contributed by atoms with Gasteiger partial charge in [0, 0.05) is 17.8 Å². The number of aromatic nitrogens is 2. The predicted molar refractivity (Wildman–Crippen MR) is 99.0 cm³/mol. The van der Waals surface area contributed by atoms with Crippen LogP contribution in [0.5, 0.6) is 0 Å². The van der Waals surface area contributed by atoms with Gasteiger partial charge >= 0.3 is 0 Å². The molecule has 0 saturated carbocycles. The molecule has 0 N–H and O–H groups in total. The zero-order chi connectivity index (χ0) is 17.5. The molecule has 1 amide bonds. The van der Waals surface area contributed by atoms with Crippen LogP contribution >= 0.6 is 11.8 Å². The lowest BCUT2D eigenvalue weighted by molar-refractivity contribution is -0.115. The molecule has 128 valence electrons. The molecule has 3 rings (SSSR count). The molecule has 0 unspecified atom stereocenters. The lowest BCUT2D eigenvalue weighted by atomic mass is 10.2. The summed E-state index contributed by atoms with van der Waals surface area (Å²) in [7, 11) is 0. The molecule has 0 aliphatic carbocycles. The summed E-state index contributed by atoms with van der Waals surface area (Å²) in [6.07, 6.45) is 1.70. The normalized spacial score (nSPS) is 10.6. The van der Waals surface area contributed by atoms with Crippen molar-refractivity contribution >= 4 is 29.0 Å². The van der Waals surface area contributed by atoms with E-state index in [1.54, 1.807) is 4.90 Å². The van der Waals surface area contributed by atoms with Gasteiger partial charge in [-0.25, -0.2) is 0 Å². The molecule has 0 aliphatic rings. The minimum atomic E-state index is -0.0439. The third-order valence-electron chi connectivity index (χ3n) is 3.51. The third kappa shape index (κ3) is 4.48. The summed E-state index contributed by atoms with van der Waals surface area (Å²) in [6.45, 7) is 2.05. The maximum Gasteiger partial charge on any atom is 0.277 e. The Balaban J connectivity index is 1.75. The van der Waals surface area contributed by atoms with Crippen molar-refractivity contribution < 1.29 is 9.21 Å². The number of hydrogen-bond acceptors (Lipinski definition) is 5. The second-order valence-corrected chi connectivity index (χ2v) is 6.33. The topological polar surface area (TPSA) is 59.2 Å². The highest BCUT2D eigenvalue weighted by atomic mass is 32.2. The Morgan fingerprint density at radius 2 is 1.60 bits per heavy atom. The maximum atomic E-state index is 12.9. The minimum Gasteiger partial charge on any atom is -0.416 e. The van der Waals surface area contributed by atoms with Gasteiger partial charge in [-0.05, 0) is 30.7 Å². The number of carbonyl (C=O) groups is 1. The van der Waals surface area contributed by atoms with E-state index in [0.717, 1.165) is 24.2 Å². The second-order valence-electron chi connectivity index (χ2n) is 5.40. The average molecular weight is 353 g/mol. The summed E-state index contributed by atoms with van der Waals surface area (Å²) in [5, 5.41) is 8.40. The van der Waals surface area contributed by atoms with Crippen molar-refractivity contribution in [3.05, 3.63) is 66.6 Å². The Hall–Kier alpha value is -2.60. The summed E-state index contributed by atoms with van der Waals surface area (Å²) in [5.41, 5.74) is 1.66. The number of benzene rings is 2. The predicted octanol–water partition coefficient (Wildman–Crippen LogP) is 4.48. The SMILES string of the molecule is CCCc1nnc(SCC(=O)N(c2ccccc2)c2ccccc2)o1. The second kappa shape index (κ2) is 8.48. The fraction of sp³-hybridized carbons (Fsp3) is 0.211. The summed E-state index contributed by atoms with van der Waals surface area (Å²) in [6, 6.07) is 19.2. The zero-order valence-corrected chi connectivity index (χ0v) is 14.8. The van der Waals surface area contributed by atoms with Gasteiger partial charge in [-0.3, -0.25) is 9.69 Å². The monoisotopic (exact) mass is 353 g/mol. The molecule has 2 aromatic carbocycles. The van der Waals surface area contributed by atoms with E-state index in [1.165, 1.54) is 11.8 Å². The summed E-state index contributed by atoms with van der Waals surface area (Å²) in [4.78, 5) is 14.6. The van der Waals surface area contributed by atoms with E-state index in [9.17, 15) is 4.79 Å². The first kappa shape index (κ1) is 17.2. The van der Waals surface area contributed by atoms with Crippen LogP contribution in [0, 0.1) is 0 Å². The molecule has 1 aromatic heterocycles. The molecule has 0 bridgehead atoms. The minimum absolute atomic E-state index is 0.0439. The van der Waals surface area contributed by atoms with E-state index >= 15 is 0 Å². The lowest BCUT2D eigenvalue weighted by Gasteiger charge is -2.22. The van der Waals surface area contributed by atoms with Crippen molar-refractivity contribution in [2.24, 2.45) is 0 Å². The van der Waals surface area contributed by atoms with Crippen LogP contribution in [0.4, 0.5) is 11.4 Å². The van der Waals surface area contributed by atoms with Gasteiger partial charge in [0.15, 0.2) is 0 Å². The summed E-state index contributed by atoms with van der Waals surface area (Å²) < 4.78 is 5.54. The Kier molecular flexibility index (Phi) is 5.85. The molecule has 6 heteroatoms. The van der Waals surface area contributed by atoms with Crippen LogP contribution in [0.3, 0.4) is 0 Å². The Morgan fingerprint density at radius 1 is 1.00 bits per heavy atom. The van der Waals surface area contributed by atoms with E-state index in [1.807, 2.05) is 60.7 Å². The summed E-state index contributed by atoms with van der Waals surface area (Å²) >= 11 is 1.26. The Labute approximate surface area is 151 Å². The molecule has 5 nitrogen and oxygen atoms in total. The molecule has 0 fully saturated rings. The van der Waals surface area contributed by atoms with Gasteiger partial charge in [0.25, 0.3) is 5.22 Å². The molecule has 0 atom stereocenters. The standard InChI is InChI=1S/C19H19N3O2S/c1-2-9-17-20-21-19(24-17)25-14-18(23)22(15-10-5-3-6-11-15)16-12-7-4-8-13-16/h3-8,10-13H,2,9,14H2,1H3. The number of thioether (sulfide) groups is 1. The van der Waals surface area contributed by atoms with Gasteiger partial charge in [-0.1, -0.05) is 55.1 Å². The van der Waals surface area contributed by atoms with Gasteiger partial charge in [0.1, 0.15) is 0 Å². The number of carbonyl (C=O) groups excluding carboxylic acids is 1. The number of aryl methyl sites for hydroxylation is 1. The smallest absolute Gasteiger partial charge is 0.277 e. The van der Waals surface area contributed by atoms with Crippen molar-refractivity contribution in [3.63, 3.8) is 0 Å². The molecule has 1 heterocycles. The fourth-order valence-electron chi connectivity index (χ4n) is 2.39. The van der Waals surface area contributed by atoms with E-state index in [4.69, 9.17) is 4.42 Å². The number of hydrogen-bond donors (Lipinski definition) is 0. The van der Waals surface area contributed by atoms with Crippen molar-refractivity contribution in [3.8, 4) is 0 Å². The molecule has 25 heavy (non-hydrogen) atoms. The van der Waals surface area contributed by atoms with Crippen LogP contribution in [-0.2, 0) is 11.2 Å². The van der Waals surface area contributed by atoms with Crippen LogP contribution in [-0.4, -0.2) is 21.9 Å². The van der Waals surface area contributed by atoms with Gasteiger partial charge in [0.2, 0.25) is 11.8 Å². The highest BCUT2D eigenvalue weighted by molar-refractivity contribution is 7.99. The largest absolute Gasteiger partial charge is 0.416 e. The van der Waals surface area contributed by atoms with E-state index in [0.29, 0.717) is 11.1 Å². The molecule has 0 spiro atoms. The quantitative estimate of drug-likeness (QED) is 0.586. The Bertz CT molecular complexity index is 766. The van der Waals surface area contributed by atoms with E-state index in [-0.39, 0.29) is 11.7 Å². The first-order chi connectivity index (χ1) is 12.3. The zero-order valence-electron chi connectivity index (χ0n) is 14.0. The first-order valence-electron chi connectivity index (χ1n) is 8.16. The van der Waals surface area contributed by atoms with E-state index < -0.39 is 0 Å². The fourth-order valence-corrected chi connectivity index (χ4v) is 3.02. The number of anilines is 2. The number of nitrogens with zero attached hydrogens (tertiary/aromatic N) is 3. The molecular weight excluding hydrogens is 334 g/mol. The molecular formula is C19H19N3O2S. The van der Waals surface area contributed by atoms with Gasteiger partial charge in [-0.2, -0.15) is 0 Å². The van der Waals surface area contributed by atoms with Gasteiger partial charge < -0.3 is 4.42 Å². The molecule has 3 aromatic rings. The van der Waals surface area contributed by atoms with Crippen LogP contribution in [0.1, 0.15) is 19.2 Å². The van der Waals surface area contributed by atoms with Crippen LogP contribution in [0.25, 0.3) is 0 Å². The van der Waals surface area contributed by atoms with E-state index in [2.05, 4.69) is 17.1 Å². The maximum absolute atomic E-state index is 12.9. The van der Waals surface area contributed by atoms with Crippen molar-refractivity contribution in [2.45, 2.75) is 25.0 Å². The lowest BCUT2D eigenvalue weighted by Crippen LogP contribution is -2.27. The van der Waals surface area contributed by atoms with Crippen LogP contribution < -0.4 is 4.90 Å². The molecule has 0 saturated heterocycles. The number of amides is 1. The molecule has 0 aliphatic heterocycles. The van der Waals surface area contributed by atoms with Crippen LogP contribution in [0.15, 0.2) is 70.3 Å². The highest BCUT2D eigenvalue weighted by Gasteiger charge is 2.19. The van der Waals surface area contributed by atoms with Crippen LogP contribution in [0.2, 0.25) is 0 Å². The van der Waals surface area contributed by atoms with Crippen molar-refractivity contribution in [2.75, 3.05) is 10.7 Å². The Morgan fingerprint density at radius 3 is 2.16 bits per heavy atom. The van der Waals surface area contributed by atoms with Gasteiger partial charge in [-0.15, -0.1) is 10.2 Å². The first-order valence-corrected chi connectivity index (χ1v) is 9.14. The van der Waals surface area contributed by atoms with Crippen molar-refractivity contribution in [1.82, 2.24) is 10.2 Å². The highest BCUT2D eigenvalue weighted by Crippen LogP contribution is 2.27. The number of para-hydroxylation sites is 2. The van der Waals surface area contributed by atoms with Crippen molar-refractivity contribution in [1.29, 1.82) is 0 Å². The summed E-state index contributed by atoms with van der Waals surface area (Å²) in [5.74, 6) is 0.787. The molecule has 0 radical (unpaired) electrons. The third-order valence-corrected chi connectivity index (χ3v) is 4.31. The average Bonchev–Trinajstić information content (AvgIpc) is 3.10. The van der Waals surface area contributed by atoms with Gasteiger partial charge in [0.05, 0.1) is 5.75 Å². The number of rotatable bonds is 7.